The topological polar surface area (TPSA) is 55.1 Å². The third-order valence-electron chi connectivity index (χ3n) is 3.81. The molecule has 1 aromatic rings. The molecule has 3 atom stereocenters. The fourth-order valence-corrected chi connectivity index (χ4v) is 2.21. The molecule has 3 nitrogen and oxygen atoms in total. The van der Waals surface area contributed by atoms with Gasteiger partial charge in [0.25, 0.3) is 0 Å². The van der Waals surface area contributed by atoms with Gasteiger partial charge in [0.15, 0.2) is 0 Å². The SMILES string of the molecule is CCC(C)[C@H](N)C(=O)NC(C)c1ccc(C)cc1C. The molecule has 0 saturated carbocycles. The zero-order valence-corrected chi connectivity index (χ0v) is 12.7. The Morgan fingerprint density at radius 3 is 2.47 bits per heavy atom. The summed E-state index contributed by atoms with van der Waals surface area (Å²) in [4.78, 5) is 12.1. The van der Waals surface area contributed by atoms with Crippen molar-refractivity contribution in [2.24, 2.45) is 11.7 Å². The molecule has 0 aromatic heterocycles. The molecule has 0 aliphatic heterocycles. The minimum absolute atomic E-state index is 0.0109. The van der Waals surface area contributed by atoms with Crippen molar-refractivity contribution in [2.75, 3.05) is 0 Å². The van der Waals surface area contributed by atoms with E-state index in [4.69, 9.17) is 5.73 Å². The highest BCUT2D eigenvalue weighted by Crippen LogP contribution is 2.19. The summed E-state index contributed by atoms with van der Waals surface area (Å²) in [5, 5.41) is 3.01. The lowest BCUT2D eigenvalue weighted by Crippen LogP contribution is -2.45. The summed E-state index contributed by atoms with van der Waals surface area (Å²) >= 11 is 0. The quantitative estimate of drug-likeness (QED) is 0.857. The predicted octanol–water partition coefficient (Wildman–Crippen LogP) is 2.85. The summed E-state index contributed by atoms with van der Waals surface area (Å²) in [6.07, 6.45) is 0.909. The first-order valence-corrected chi connectivity index (χ1v) is 6.99. The number of rotatable bonds is 5. The van der Waals surface area contributed by atoms with Gasteiger partial charge in [-0.05, 0) is 37.8 Å². The molecular formula is C16H26N2O. The Bertz CT molecular complexity index is 442. The Kier molecular flexibility index (Phi) is 5.55. The largest absolute Gasteiger partial charge is 0.348 e. The maximum atomic E-state index is 12.1. The van der Waals surface area contributed by atoms with Gasteiger partial charge in [0.05, 0.1) is 12.1 Å². The van der Waals surface area contributed by atoms with Crippen LogP contribution in [0.15, 0.2) is 18.2 Å². The van der Waals surface area contributed by atoms with Gasteiger partial charge in [-0.3, -0.25) is 4.79 Å². The van der Waals surface area contributed by atoms with Gasteiger partial charge in [0.1, 0.15) is 0 Å². The van der Waals surface area contributed by atoms with Gasteiger partial charge in [0.2, 0.25) is 5.91 Å². The molecule has 106 valence electrons. The van der Waals surface area contributed by atoms with Gasteiger partial charge >= 0.3 is 0 Å². The molecule has 2 unspecified atom stereocenters. The average molecular weight is 262 g/mol. The van der Waals surface area contributed by atoms with Gasteiger partial charge < -0.3 is 11.1 Å². The number of nitrogens with two attached hydrogens (primary N) is 1. The lowest BCUT2D eigenvalue weighted by atomic mass is 9.97. The second-order valence-corrected chi connectivity index (χ2v) is 5.50. The molecule has 1 rings (SSSR count). The highest BCUT2D eigenvalue weighted by Gasteiger charge is 2.21. The van der Waals surface area contributed by atoms with Crippen molar-refractivity contribution in [3.63, 3.8) is 0 Å². The molecule has 1 aromatic carbocycles. The van der Waals surface area contributed by atoms with E-state index in [0.29, 0.717) is 0 Å². The van der Waals surface area contributed by atoms with E-state index in [-0.39, 0.29) is 17.9 Å². The molecule has 0 radical (unpaired) electrons. The second-order valence-electron chi connectivity index (χ2n) is 5.50. The van der Waals surface area contributed by atoms with Gasteiger partial charge in [-0.15, -0.1) is 0 Å². The molecule has 0 saturated heterocycles. The Balaban J connectivity index is 2.74. The van der Waals surface area contributed by atoms with Crippen LogP contribution in [-0.2, 0) is 4.79 Å². The first kappa shape index (κ1) is 15.7. The Labute approximate surface area is 116 Å². The Morgan fingerprint density at radius 1 is 1.32 bits per heavy atom. The van der Waals surface area contributed by atoms with E-state index in [9.17, 15) is 4.79 Å². The van der Waals surface area contributed by atoms with Crippen molar-refractivity contribution in [1.82, 2.24) is 5.32 Å². The number of nitrogens with one attached hydrogen (secondary N) is 1. The monoisotopic (exact) mass is 262 g/mol. The van der Waals surface area contributed by atoms with E-state index in [0.717, 1.165) is 12.0 Å². The van der Waals surface area contributed by atoms with Crippen LogP contribution in [0.4, 0.5) is 0 Å². The average Bonchev–Trinajstić information content (AvgIpc) is 2.36. The van der Waals surface area contributed by atoms with Crippen LogP contribution in [0.1, 0.15) is 49.9 Å². The fourth-order valence-electron chi connectivity index (χ4n) is 2.21. The minimum atomic E-state index is -0.432. The van der Waals surface area contributed by atoms with Gasteiger partial charge in [-0.2, -0.15) is 0 Å². The van der Waals surface area contributed by atoms with Crippen molar-refractivity contribution < 1.29 is 4.79 Å². The summed E-state index contributed by atoms with van der Waals surface area (Å²) in [6.45, 7) is 10.2. The van der Waals surface area contributed by atoms with Crippen molar-refractivity contribution >= 4 is 5.91 Å². The summed E-state index contributed by atoms with van der Waals surface area (Å²) in [7, 11) is 0. The third-order valence-corrected chi connectivity index (χ3v) is 3.81. The molecular weight excluding hydrogens is 236 g/mol. The van der Waals surface area contributed by atoms with E-state index in [1.165, 1.54) is 11.1 Å². The fraction of sp³-hybridized carbons (Fsp3) is 0.562. The molecule has 3 N–H and O–H groups in total. The molecule has 0 spiro atoms. The molecule has 0 aliphatic rings. The lowest BCUT2D eigenvalue weighted by molar-refractivity contribution is -0.124. The normalized spacial score (nSPS) is 15.7. The zero-order valence-electron chi connectivity index (χ0n) is 12.7. The zero-order chi connectivity index (χ0) is 14.6. The first-order valence-electron chi connectivity index (χ1n) is 6.99. The van der Waals surface area contributed by atoms with Gasteiger partial charge in [-0.25, -0.2) is 0 Å². The van der Waals surface area contributed by atoms with Crippen LogP contribution in [0.5, 0.6) is 0 Å². The Morgan fingerprint density at radius 2 is 1.95 bits per heavy atom. The van der Waals surface area contributed by atoms with Crippen LogP contribution in [0, 0.1) is 19.8 Å². The molecule has 0 aliphatic carbocycles. The van der Waals surface area contributed by atoms with Gasteiger partial charge in [0, 0.05) is 0 Å². The number of hydrogen-bond donors (Lipinski definition) is 2. The third kappa shape index (κ3) is 4.06. The van der Waals surface area contributed by atoms with E-state index in [2.05, 4.69) is 37.4 Å². The molecule has 1 amide bonds. The van der Waals surface area contributed by atoms with E-state index < -0.39 is 6.04 Å². The van der Waals surface area contributed by atoms with Gasteiger partial charge in [-0.1, -0.05) is 44.0 Å². The smallest absolute Gasteiger partial charge is 0.237 e. The maximum absolute atomic E-state index is 12.1. The van der Waals surface area contributed by atoms with E-state index in [1.807, 2.05) is 20.8 Å². The van der Waals surface area contributed by atoms with Crippen molar-refractivity contribution in [2.45, 2.75) is 53.1 Å². The summed E-state index contributed by atoms with van der Waals surface area (Å²) in [5.41, 5.74) is 9.53. The van der Waals surface area contributed by atoms with Crippen LogP contribution in [0.2, 0.25) is 0 Å². The van der Waals surface area contributed by atoms with E-state index in [1.54, 1.807) is 0 Å². The molecule has 0 bridgehead atoms. The number of hydrogen-bond acceptors (Lipinski definition) is 2. The lowest BCUT2D eigenvalue weighted by Gasteiger charge is -2.22. The highest BCUT2D eigenvalue weighted by atomic mass is 16.2. The standard InChI is InChI=1S/C16H26N2O/c1-6-11(3)15(17)16(19)18-13(5)14-8-7-10(2)9-12(14)4/h7-9,11,13,15H,6,17H2,1-5H3,(H,18,19)/t11?,13?,15-/m0/s1. The molecule has 0 heterocycles. The van der Waals surface area contributed by atoms with E-state index >= 15 is 0 Å². The van der Waals surface area contributed by atoms with Crippen molar-refractivity contribution in [3.8, 4) is 0 Å². The second kappa shape index (κ2) is 6.71. The van der Waals surface area contributed by atoms with Crippen LogP contribution in [0.3, 0.4) is 0 Å². The summed E-state index contributed by atoms with van der Waals surface area (Å²) in [6, 6.07) is 5.83. The van der Waals surface area contributed by atoms with Crippen LogP contribution >= 0.6 is 0 Å². The van der Waals surface area contributed by atoms with Crippen LogP contribution in [-0.4, -0.2) is 11.9 Å². The molecule has 3 heteroatoms. The Hall–Kier alpha value is -1.35. The maximum Gasteiger partial charge on any atom is 0.237 e. The number of carbonyl (C=O) groups excluding carboxylic acids is 1. The summed E-state index contributed by atoms with van der Waals surface area (Å²) in [5.74, 6) is 0.133. The van der Waals surface area contributed by atoms with Crippen molar-refractivity contribution in [3.05, 3.63) is 34.9 Å². The number of amides is 1. The number of carbonyl (C=O) groups is 1. The van der Waals surface area contributed by atoms with Crippen molar-refractivity contribution in [1.29, 1.82) is 0 Å². The van der Waals surface area contributed by atoms with Crippen LogP contribution in [0.25, 0.3) is 0 Å². The molecule has 0 fully saturated rings. The van der Waals surface area contributed by atoms with Crippen LogP contribution < -0.4 is 11.1 Å². The number of aryl methyl sites for hydroxylation is 2. The molecule has 19 heavy (non-hydrogen) atoms. The highest BCUT2D eigenvalue weighted by molar-refractivity contribution is 5.82. The predicted molar refractivity (Wildman–Crippen MR) is 79.9 cm³/mol. The number of benzene rings is 1. The minimum Gasteiger partial charge on any atom is -0.348 e. The summed E-state index contributed by atoms with van der Waals surface area (Å²) < 4.78 is 0. The first-order chi connectivity index (χ1) is 8.86.